The molecule has 0 saturated carbocycles. The number of hydrogen-bond donors (Lipinski definition) is 0. The van der Waals surface area contributed by atoms with Gasteiger partial charge in [-0.2, -0.15) is 0 Å². The summed E-state index contributed by atoms with van der Waals surface area (Å²) >= 11 is 5.92. The molecule has 1 aliphatic rings. The van der Waals surface area contributed by atoms with Crippen LogP contribution in [0.1, 0.15) is 21.9 Å². The summed E-state index contributed by atoms with van der Waals surface area (Å²) in [6, 6.07) is 9.65. The molecule has 0 N–H and O–H groups in total. The van der Waals surface area contributed by atoms with Crippen LogP contribution in [0.3, 0.4) is 0 Å². The van der Waals surface area contributed by atoms with Gasteiger partial charge in [0.2, 0.25) is 0 Å². The number of furan rings is 1. The van der Waals surface area contributed by atoms with E-state index in [0.717, 1.165) is 29.6 Å². The minimum atomic E-state index is 0.0603. The van der Waals surface area contributed by atoms with Gasteiger partial charge in [0.25, 0.3) is 5.91 Å². The Balaban J connectivity index is 1.65. The van der Waals surface area contributed by atoms with Crippen molar-refractivity contribution in [3.05, 3.63) is 52.4 Å². The Morgan fingerprint density at radius 1 is 1.09 bits per heavy atom. The monoisotopic (exact) mass is 318 g/mol. The van der Waals surface area contributed by atoms with Gasteiger partial charge in [-0.05, 0) is 44.2 Å². The van der Waals surface area contributed by atoms with Crippen LogP contribution >= 0.6 is 11.6 Å². The molecule has 116 valence electrons. The van der Waals surface area contributed by atoms with E-state index in [1.807, 2.05) is 49.1 Å². The summed E-state index contributed by atoms with van der Waals surface area (Å²) in [5.41, 5.74) is 1.82. The third-order valence-electron chi connectivity index (χ3n) is 4.03. The second-order valence-corrected chi connectivity index (χ2v) is 6.02. The van der Waals surface area contributed by atoms with Crippen LogP contribution in [-0.2, 0) is 0 Å². The highest BCUT2D eigenvalue weighted by Crippen LogP contribution is 2.21. The Morgan fingerprint density at radius 3 is 2.27 bits per heavy atom. The van der Waals surface area contributed by atoms with E-state index in [2.05, 4.69) is 4.90 Å². The fourth-order valence-electron chi connectivity index (χ4n) is 2.83. The van der Waals surface area contributed by atoms with Gasteiger partial charge in [-0.15, -0.1) is 0 Å². The second-order valence-electron chi connectivity index (χ2n) is 5.58. The minimum absolute atomic E-state index is 0.0603. The van der Waals surface area contributed by atoms with Gasteiger partial charge in [-0.25, -0.2) is 0 Å². The van der Waals surface area contributed by atoms with Gasteiger partial charge in [0.05, 0.1) is 5.56 Å². The maximum Gasteiger partial charge on any atom is 0.257 e. The molecule has 0 aliphatic carbocycles. The SMILES string of the molecule is Cc1cc(C(=O)N2CCN(c3ccc(Cl)cc3)CC2)c(C)o1. The van der Waals surface area contributed by atoms with E-state index >= 15 is 0 Å². The van der Waals surface area contributed by atoms with E-state index < -0.39 is 0 Å². The van der Waals surface area contributed by atoms with Gasteiger partial charge in [-0.3, -0.25) is 4.79 Å². The van der Waals surface area contributed by atoms with E-state index in [1.165, 1.54) is 0 Å². The molecule has 22 heavy (non-hydrogen) atoms. The molecule has 0 radical (unpaired) electrons. The van der Waals surface area contributed by atoms with E-state index in [9.17, 15) is 4.79 Å². The van der Waals surface area contributed by atoms with Gasteiger partial charge >= 0.3 is 0 Å². The topological polar surface area (TPSA) is 36.7 Å². The van der Waals surface area contributed by atoms with Crippen LogP contribution in [-0.4, -0.2) is 37.0 Å². The van der Waals surface area contributed by atoms with Crippen LogP contribution in [0.2, 0.25) is 5.02 Å². The molecule has 3 rings (SSSR count). The minimum Gasteiger partial charge on any atom is -0.466 e. The molecule has 0 unspecified atom stereocenters. The highest BCUT2D eigenvalue weighted by molar-refractivity contribution is 6.30. The molecule has 0 spiro atoms. The van der Waals surface area contributed by atoms with Crippen molar-refractivity contribution in [2.24, 2.45) is 0 Å². The Hall–Kier alpha value is -1.94. The Kier molecular flexibility index (Phi) is 4.12. The van der Waals surface area contributed by atoms with Gasteiger partial charge in [0, 0.05) is 36.9 Å². The maximum atomic E-state index is 12.6. The fourth-order valence-corrected chi connectivity index (χ4v) is 2.96. The average Bonchev–Trinajstić information content (AvgIpc) is 2.86. The summed E-state index contributed by atoms with van der Waals surface area (Å²) in [4.78, 5) is 16.7. The summed E-state index contributed by atoms with van der Waals surface area (Å²) in [6.45, 7) is 6.77. The molecule has 4 nitrogen and oxygen atoms in total. The standard InChI is InChI=1S/C17H19ClN2O2/c1-12-11-16(13(2)22-12)17(21)20-9-7-19(8-10-20)15-5-3-14(18)4-6-15/h3-6,11H,7-10H2,1-2H3. The van der Waals surface area contributed by atoms with Crippen LogP contribution in [0.5, 0.6) is 0 Å². The molecule has 0 atom stereocenters. The smallest absolute Gasteiger partial charge is 0.257 e. The first-order valence-electron chi connectivity index (χ1n) is 7.41. The molecule has 1 amide bonds. The molecule has 0 bridgehead atoms. The van der Waals surface area contributed by atoms with E-state index in [0.29, 0.717) is 24.4 Å². The number of carbonyl (C=O) groups excluding carboxylic acids is 1. The molecule has 1 aromatic heterocycles. The molecular formula is C17H19ClN2O2. The van der Waals surface area contributed by atoms with Crippen molar-refractivity contribution in [2.45, 2.75) is 13.8 Å². The predicted octanol–water partition coefficient (Wildman–Crippen LogP) is 3.51. The summed E-state index contributed by atoms with van der Waals surface area (Å²) in [5, 5.41) is 0.739. The first-order valence-corrected chi connectivity index (χ1v) is 7.79. The van der Waals surface area contributed by atoms with Gasteiger partial charge in [0.15, 0.2) is 0 Å². The van der Waals surface area contributed by atoms with Gasteiger partial charge < -0.3 is 14.2 Å². The zero-order chi connectivity index (χ0) is 15.7. The van der Waals surface area contributed by atoms with Gasteiger partial charge in [-0.1, -0.05) is 11.6 Å². The van der Waals surface area contributed by atoms with Crippen LogP contribution < -0.4 is 4.90 Å². The summed E-state index contributed by atoms with van der Waals surface area (Å²) < 4.78 is 5.46. The molecule has 2 heterocycles. The number of carbonyl (C=O) groups is 1. The Morgan fingerprint density at radius 2 is 1.73 bits per heavy atom. The number of anilines is 1. The van der Waals surface area contributed by atoms with E-state index in [1.54, 1.807) is 0 Å². The third-order valence-corrected chi connectivity index (χ3v) is 4.28. The molecule has 2 aromatic rings. The molecule has 5 heteroatoms. The third kappa shape index (κ3) is 2.97. The largest absolute Gasteiger partial charge is 0.466 e. The lowest BCUT2D eigenvalue weighted by molar-refractivity contribution is 0.0745. The normalized spacial score (nSPS) is 15.2. The van der Waals surface area contributed by atoms with E-state index in [-0.39, 0.29) is 5.91 Å². The highest BCUT2D eigenvalue weighted by Gasteiger charge is 2.24. The molecule has 1 aliphatic heterocycles. The fraction of sp³-hybridized carbons (Fsp3) is 0.353. The zero-order valence-electron chi connectivity index (χ0n) is 12.8. The van der Waals surface area contributed by atoms with Crippen LogP contribution in [0.25, 0.3) is 0 Å². The zero-order valence-corrected chi connectivity index (χ0v) is 13.6. The lowest BCUT2D eigenvalue weighted by Crippen LogP contribution is -2.48. The quantitative estimate of drug-likeness (QED) is 0.850. The van der Waals surface area contributed by atoms with Crippen molar-refractivity contribution in [3.63, 3.8) is 0 Å². The highest BCUT2D eigenvalue weighted by atomic mass is 35.5. The van der Waals surface area contributed by atoms with Crippen molar-refractivity contribution in [1.82, 2.24) is 4.90 Å². The summed E-state index contributed by atoms with van der Waals surface area (Å²) in [6.07, 6.45) is 0. The molecule has 1 fully saturated rings. The van der Waals surface area contributed by atoms with Crippen molar-refractivity contribution in [2.75, 3.05) is 31.1 Å². The van der Waals surface area contributed by atoms with Gasteiger partial charge in [0.1, 0.15) is 11.5 Å². The van der Waals surface area contributed by atoms with Crippen LogP contribution in [0.4, 0.5) is 5.69 Å². The lowest BCUT2D eigenvalue weighted by Gasteiger charge is -2.36. The maximum absolute atomic E-state index is 12.6. The number of hydrogen-bond acceptors (Lipinski definition) is 3. The van der Waals surface area contributed by atoms with Crippen molar-refractivity contribution < 1.29 is 9.21 Å². The molecular weight excluding hydrogens is 300 g/mol. The number of benzene rings is 1. The van der Waals surface area contributed by atoms with Crippen molar-refractivity contribution in [1.29, 1.82) is 0 Å². The van der Waals surface area contributed by atoms with Crippen molar-refractivity contribution >= 4 is 23.2 Å². The molecule has 1 saturated heterocycles. The van der Waals surface area contributed by atoms with Crippen molar-refractivity contribution in [3.8, 4) is 0 Å². The summed E-state index contributed by atoms with van der Waals surface area (Å²) in [7, 11) is 0. The molecule has 1 aromatic carbocycles. The average molecular weight is 319 g/mol. The first-order chi connectivity index (χ1) is 10.5. The van der Waals surface area contributed by atoms with Crippen LogP contribution in [0.15, 0.2) is 34.7 Å². The number of amides is 1. The van der Waals surface area contributed by atoms with E-state index in [4.69, 9.17) is 16.0 Å². The number of aryl methyl sites for hydroxylation is 2. The van der Waals surface area contributed by atoms with Crippen LogP contribution in [0, 0.1) is 13.8 Å². The number of nitrogens with zero attached hydrogens (tertiary/aromatic N) is 2. The Labute approximate surface area is 135 Å². The predicted molar refractivity (Wildman–Crippen MR) is 87.8 cm³/mol. The number of halogens is 1. The lowest BCUT2D eigenvalue weighted by atomic mass is 10.2. The summed E-state index contributed by atoms with van der Waals surface area (Å²) in [5.74, 6) is 1.54. The first kappa shape index (κ1) is 15.0. The Bertz CT molecular complexity index is 670. The number of piperazine rings is 1. The number of rotatable bonds is 2. The second kappa shape index (κ2) is 6.05.